The fourth-order valence-electron chi connectivity index (χ4n) is 2.30. The molecule has 0 spiro atoms. The molecule has 0 radical (unpaired) electrons. The maximum Gasteiger partial charge on any atom is 0.257 e. The molecule has 3 aromatic rings. The van der Waals surface area contributed by atoms with Crippen molar-refractivity contribution < 1.29 is 13.2 Å². The Morgan fingerprint density at radius 1 is 1.12 bits per heavy atom. The number of nitrogens with one attached hydrogen (secondary N) is 2. The molecule has 1 amide bonds. The van der Waals surface area contributed by atoms with Crippen LogP contribution in [0.5, 0.6) is 0 Å². The summed E-state index contributed by atoms with van der Waals surface area (Å²) in [5.74, 6) is -0.194. The molecule has 124 valence electrons. The molecule has 0 aliphatic carbocycles. The molecule has 0 atom stereocenters. The monoisotopic (exact) mass is 343 g/mol. The van der Waals surface area contributed by atoms with Crippen LogP contribution in [0.2, 0.25) is 0 Å². The van der Waals surface area contributed by atoms with Gasteiger partial charge in [0.05, 0.1) is 11.8 Å². The van der Waals surface area contributed by atoms with Gasteiger partial charge in [-0.05, 0) is 35.9 Å². The molecule has 0 fully saturated rings. The standard InChI is InChI=1S/C17H17N3O3S/c1-24(22,23)18-11-13-5-7-15(8-6-13)19-17(21)14-10-16-4-2-3-9-20(16)12-14/h2-10,12,18H,11H2,1H3,(H,19,21). The maximum absolute atomic E-state index is 12.3. The zero-order chi connectivity index (χ0) is 17.2. The summed E-state index contributed by atoms with van der Waals surface area (Å²) < 4.78 is 26.5. The first-order chi connectivity index (χ1) is 11.4. The minimum absolute atomic E-state index is 0.194. The van der Waals surface area contributed by atoms with Crippen molar-refractivity contribution in [2.75, 3.05) is 11.6 Å². The summed E-state index contributed by atoms with van der Waals surface area (Å²) in [5.41, 5.74) is 2.99. The van der Waals surface area contributed by atoms with E-state index in [-0.39, 0.29) is 12.5 Å². The summed E-state index contributed by atoms with van der Waals surface area (Å²) in [4.78, 5) is 12.3. The van der Waals surface area contributed by atoms with Crippen molar-refractivity contribution in [2.24, 2.45) is 0 Å². The number of carbonyl (C=O) groups excluding carboxylic acids is 1. The fourth-order valence-corrected chi connectivity index (χ4v) is 2.73. The average Bonchev–Trinajstić information content (AvgIpc) is 2.98. The Hall–Kier alpha value is -2.64. The van der Waals surface area contributed by atoms with E-state index in [2.05, 4.69) is 10.0 Å². The average molecular weight is 343 g/mol. The van der Waals surface area contributed by atoms with E-state index < -0.39 is 10.0 Å². The number of pyridine rings is 1. The summed E-state index contributed by atoms with van der Waals surface area (Å²) in [5, 5.41) is 2.83. The lowest BCUT2D eigenvalue weighted by atomic mass is 10.2. The van der Waals surface area contributed by atoms with Crippen molar-refractivity contribution in [1.29, 1.82) is 0 Å². The van der Waals surface area contributed by atoms with Gasteiger partial charge >= 0.3 is 0 Å². The van der Waals surface area contributed by atoms with Gasteiger partial charge in [-0.3, -0.25) is 4.79 Å². The van der Waals surface area contributed by atoms with Crippen molar-refractivity contribution >= 4 is 27.1 Å². The van der Waals surface area contributed by atoms with Crippen LogP contribution >= 0.6 is 0 Å². The Labute approximate surface area is 140 Å². The predicted molar refractivity (Wildman–Crippen MR) is 93.5 cm³/mol. The number of rotatable bonds is 5. The number of hydrogen-bond acceptors (Lipinski definition) is 3. The van der Waals surface area contributed by atoms with E-state index in [1.54, 1.807) is 30.5 Å². The van der Waals surface area contributed by atoms with E-state index in [1.165, 1.54) is 0 Å². The minimum Gasteiger partial charge on any atom is -0.323 e. The SMILES string of the molecule is CS(=O)(=O)NCc1ccc(NC(=O)c2cc3ccccn3c2)cc1. The number of fused-ring (bicyclic) bond motifs is 1. The van der Waals surface area contributed by atoms with Crippen molar-refractivity contribution in [2.45, 2.75) is 6.54 Å². The highest BCUT2D eigenvalue weighted by Gasteiger charge is 2.09. The number of aromatic nitrogens is 1. The number of benzene rings is 1. The van der Waals surface area contributed by atoms with Gasteiger partial charge in [0.15, 0.2) is 0 Å². The van der Waals surface area contributed by atoms with Crippen LogP contribution in [0.4, 0.5) is 5.69 Å². The summed E-state index contributed by atoms with van der Waals surface area (Å²) in [6.45, 7) is 0.220. The normalized spacial score (nSPS) is 11.5. The molecule has 0 saturated heterocycles. The summed E-state index contributed by atoms with van der Waals surface area (Å²) in [7, 11) is -3.22. The molecule has 24 heavy (non-hydrogen) atoms. The van der Waals surface area contributed by atoms with Crippen LogP contribution in [-0.4, -0.2) is 25.0 Å². The number of amides is 1. The molecule has 1 aromatic carbocycles. The van der Waals surface area contributed by atoms with Crippen molar-refractivity contribution in [3.8, 4) is 0 Å². The van der Waals surface area contributed by atoms with Crippen molar-refractivity contribution in [3.63, 3.8) is 0 Å². The van der Waals surface area contributed by atoms with Gasteiger partial charge in [-0.15, -0.1) is 0 Å². The van der Waals surface area contributed by atoms with Gasteiger partial charge in [0, 0.05) is 30.1 Å². The molecule has 2 N–H and O–H groups in total. The Kier molecular flexibility index (Phi) is 4.37. The van der Waals surface area contributed by atoms with Gasteiger partial charge in [-0.2, -0.15) is 0 Å². The first-order valence-electron chi connectivity index (χ1n) is 7.32. The maximum atomic E-state index is 12.3. The Morgan fingerprint density at radius 3 is 2.54 bits per heavy atom. The van der Waals surface area contributed by atoms with E-state index in [0.29, 0.717) is 11.3 Å². The van der Waals surface area contributed by atoms with Crippen molar-refractivity contribution in [3.05, 3.63) is 72.1 Å². The summed E-state index contributed by atoms with van der Waals surface area (Å²) >= 11 is 0. The lowest BCUT2D eigenvalue weighted by Gasteiger charge is -2.06. The molecule has 2 heterocycles. The quantitative estimate of drug-likeness (QED) is 0.746. The van der Waals surface area contributed by atoms with Crippen LogP contribution in [0.3, 0.4) is 0 Å². The molecule has 0 unspecified atom stereocenters. The van der Waals surface area contributed by atoms with Gasteiger partial charge in [0.2, 0.25) is 10.0 Å². The second-order valence-corrected chi connectivity index (χ2v) is 7.34. The highest BCUT2D eigenvalue weighted by molar-refractivity contribution is 7.88. The smallest absolute Gasteiger partial charge is 0.257 e. The topological polar surface area (TPSA) is 79.7 Å². The molecule has 0 saturated carbocycles. The highest BCUT2D eigenvalue weighted by Crippen LogP contribution is 2.14. The van der Waals surface area contributed by atoms with Gasteiger partial charge in [-0.1, -0.05) is 18.2 Å². The molecule has 2 aromatic heterocycles. The first-order valence-corrected chi connectivity index (χ1v) is 9.21. The van der Waals surface area contributed by atoms with E-state index >= 15 is 0 Å². The van der Waals surface area contributed by atoms with Crippen LogP contribution in [0.25, 0.3) is 5.52 Å². The third-order valence-corrected chi connectivity index (χ3v) is 4.19. The second-order valence-electron chi connectivity index (χ2n) is 5.51. The van der Waals surface area contributed by atoms with E-state index in [0.717, 1.165) is 17.3 Å². The zero-order valence-corrected chi connectivity index (χ0v) is 13.9. The molecular weight excluding hydrogens is 326 g/mol. The second kappa shape index (κ2) is 6.46. The summed E-state index contributed by atoms with van der Waals surface area (Å²) in [6.07, 6.45) is 4.77. The summed E-state index contributed by atoms with van der Waals surface area (Å²) in [6, 6.07) is 14.6. The van der Waals surface area contributed by atoms with E-state index in [9.17, 15) is 13.2 Å². The van der Waals surface area contributed by atoms with Crippen molar-refractivity contribution in [1.82, 2.24) is 9.12 Å². The third kappa shape index (κ3) is 4.01. The van der Waals surface area contributed by atoms with Crippen LogP contribution in [0.15, 0.2) is 60.9 Å². The molecular formula is C17H17N3O3S. The zero-order valence-electron chi connectivity index (χ0n) is 13.1. The lowest BCUT2D eigenvalue weighted by Crippen LogP contribution is -2.21. The number of nitrogens with zero attached hydrogens (tertiary/aromatic N) is 1. The molecule has 0 aliphatic rings. The van der Waals surface area contributed by atoms with Crippen LogP contribution < -0.4 is 10.0 Å². The highest BCUT2D eigenvalue weighted by atomic mass is 32.2. The number of sulfonamides is 1. The van der Waals surface area contributed by atoms with E-state index in [4.69, 9.17) is 0 Å². The van der Waals surface area contributed by atoms with Crippen LogP contribution in [0.1, 0.15) is 15.9 Å². The minimum atomic E-state index is -3.22. The molecule has 7 heteroatoms. The number of anilines is 1. The predicted octanol–water partition coefficient (Wildman–Crippen LogP) is 2.24. The molecule has 6 nitrogen and oxygen atoms in total. The molecule has 0 aliphatic heterocycles. The van der Waals surface area contributed by atoms with E-state index in [1.807, 2.05) is 34.9 Å². The van der Waals surface area contributed by atoms with Gasteiger partial charge in [0.1, 0.15) is 0 Å². The molecule has 0 bridgehead atoms. The van der Waals surface area contributed by atoms with Crippen LogP contribution in [-0.2, 0) is 16.6 Å². The number of carbonyl (C=O) groups is 1. The first kappa shape index (κ1) is 16.2. The fraction of sp³-hybridized carbons (Fsp3) is 0.118. The Balaban J connectivity index is 1.68. The van der Waals surface area contributed by atoms with Gasteiger partial charge in [-0.25, -0.2) is 13.1 Å². The molecule has 3 rings (SSSR count). The lowest BCUT2D eigenvalue weighted by molar-refractivity contribution is 0.102. The third-order valence-electron chi connectivity index (χ3n) is 3.52. The van der Waals surface area contributed by atoms with Crippen LogP contribution in [0, 0.1) is 0 Å². The van der Waals surface area contributed by atoms with Gasteiger partial charge < -0.3 is 9.72 Å². The largest absolute Gasteiger partial charge is 0.323 e. The Bertz CT molecular complexity index is 943. The number of hydrogen-bond donors (Lipinski definition) is 2. The Morgan fingerprint density at radius 2 is 1.88 bits per heavy atom. The van der Waals surface area contributed by atoms with Gasteiger partial charge in [0.25, 0.3) is 5.91 Å².